The summed E-state index contributed by atoms with van der Waals surface area (Å²) in [4.78, 5) is 27.7. The molecule has 3 N–H and O–H groups in total. The van der Waals surface area contributed by atoms with Crippen molar-refractivity contribution in [3.05, 3.63) is 63.6 Å². The molecular weight excluding hydrogens is 350 g/mol. The molecule has 1 saturated carbocycles. The summed E-state index contributed by atoms with van der Waals surface area (Å²) in [7, 11) is 2.00. The van der Waals surface area contributed by atoms with Crippen LogP contribution in [0.1, 0.15) is 73.9 Å². The quantitative estimate of drug-likeness (QED) is 0.744. The summed E-state index contributed by atoms with van der Waals surface area (Å²) < 4.78 is 0. The van der Waals surface area contributed by atoms with Crippen molar-refractivity contribution in [3.8, 4) is 0 Å². The first-order chi connectivity index (χ1) is 13.3. The van der Waals surface area contributed by atoms with Gasteiger partial charge in [0.15, 0.2) is 0 Å². The highest BCUT2D eigenvalue weighted by Crippen LogP contribution is 2.33. The van der Waals surface area contributed by atoms with Crippen molar-refractivity contribution in [2.75, 3.05) is 12.4 Å². The van der Waals surface area contributed by atoms with E-state index < -0.39 is 0 Å². The van der Waals surface area contributed by atoms with E-state index >= 15 is 0 Å². The van der Waals surface area contributed by atoms with Crippen molar-refractivity contribution >= 4 is 11.6 Å². The van der Waals surface area contributed by atoms with Crippen LogP contribution in [0.3, 0.4) is 0 Å². The Bertz CT molecular complexity index is 878. The normalized spacial score (nSPS) is 20.0. The molecule has 2 unspecified atom stereocenters. The highest BCUT2D eigenvalue weighted by atomic mass is 16.2. The SMILES string of the molecule is CNC1CCCC(c2c[nH]c(=O)c(NC(=O)c3ccc(C(C)(C)C)cc3)c2)C1. The molecule has 1 fully saturated rings. The van der Waals surface area contributed by atoms with Crippen LogP contribution in [-0.4, -0.2) is 24.0 Å². The first-order valence-electron chi connectivity index (χ1n) is 10.1. The van der Waals surface area contributed by atoms with Gasteiger partial charge in [0, 0.05) is 17.8 Å². The summed E-state index contributed by atoms with van der Waals surface area (Å²) in [5.41, 5.74) is 2.87. The van der Waals surface area contributed by atoms with Gasteiger partial charge in [-0.2, -0.15) is 0 Å². The number of aromatic amines is 1. The lowest BCUT2D eigenvalue weighted by molar-refractivity contribution is 0.102. The number of benzene rings is 1. The highest BCUT2D eigenvalue weighted by molar-refractivity contribution is 6.04. The van der Waals surface area contributed by atoms with E-state index in [0.717, 1.165) is 24.8 Å². The lowest BCUT2D eigenvalue weighted by Gasteiger charge is -2.29. The van der Waals surface area contributed by atoms with Gasteiger partial charge in [-0.15, -0.1) is 0 Å². The highest BCUT2D eigenvalue weighted by Gasteiger charge is 2.23. The number of rotatable bonds is 4. The number of nitrogens with one attached hydrogen (secondary N) is 3. The van der Waals surface area contributed by atoms with Gasteiger partial charge in [-0.05, 0) is 67.0 Å². The number of hydrogen-bond donors (Lipinski definition) is 3. The van der Waals surface area contributed by atoms with Crippen molar-refractivity contribution in [1.82, 2.24) is 10.3 Å². The van der Waals surface area contributed by atoms with Crippen LogP contribution in [0.15, 0.2) is 41.3 Å². The zero-order chi connectivity index (χ0) is 20.3. The first-order valence-corrected chi connectivity index (χ1v) is 10.1. The first kappa shape index (κ1) is 20.3. The van der Waals surface area contributed by atoms with Crippen LogP contribution < -0.4 is 16.2 Å². The van der Waals surface area contributed by atoms with E-state index in [2.05, 4.69) is 36.4 Å². The van der Waals surface area contributed by atoms with Gasteiger partial charge in [-0.25, -0.2) is 0 Å². The van der Waals surface area contributed by atoms with Crippen LogP contribution in [0.4, 0.5) is 5.69 Å². The molecule has 5 heteroatoms. The van der Waals surface area contributed by atoms with Gasteiger partial charge in [-0.3, -0.25) is 9.59 Å². The van der Waals surface area contributed by atoms with Gasteiger partial charge in [0.2, 0.25) is 0 Å². The lowest BCUT2D eigenvalue weighted by atomic mass is 9.82. The Morgan fingerprint density at radius 1 is 1.14 bits per heavy atom. The molecular formula is C23H31N3O2. The van der Waals surface area contributed by atoms with Crippen LogP contribution >= 0.6 is 0 Å². The van der Waals surface area contributed by atoms with Crippen molar-refractivity contribution in [3.63, 3.8) is 0 Å². The molecule has 1 aromatic heterocycles. The summed E-state index contributed by atoms with van der Waals surface area (Å²) in [5.74, 6) is 0.129. The van der Waals surface area contributed by atoms with Crippen molar-refractivity contribution < 1.29 is 4.79 Å². The summed E-state index contributed by atoms with van der Waals surface area (Å²) in [6.07, 6.45) is 6.29. The van der Waals surface area contributed by atoms with E-state index in [1.54, 1.807) is 6.20 Å². The van der Waals surface area contributed by atoms with Crippen LogP contribution in [0.2, 0.25) is 0 Å². The second kappa shape index (κ2) is 8.31. The number of carbonyl (C=O) groups excluding carboxylic acids is 1. The van der Waals surface area contributed by atoms with Crippen molar-refractivity contribution in [1.29, 1.82) is 0 Å². The molecule has 3 rings (SSSR count). The molecule has 28 heavy (non-hydrogen) atoms. The maximum atomic E-state index is 12.6. The van der Waals surface area contributed by atoms with Gasteiger partial charge < -0.3 is 15.6 Å². The molecule has 0 radical (unpaired) electrons. The van der Waals surface area contributed by atoms with Crippen LogP contribution in [0, 0.1) is 0 Å². The van der Waals surface area contributed by atoms with E-state index in [9.17, 15) is 9.59 Å². The Hall–Kier alpha value is -2.40. The predicted octanol–water partition coefficient (Wildman–Crippen LogP) is 4.17. The molecule has 0 saturated heterocycles. The van der Waals surface area contributed by atoms with Gasteiger partial charge in [0.1, 0.15) is 5.69 Å². The Balaban J connectivity index is 1.76. The van der Waals surface area contributed by atoms with Gasteiger partial charge >= 0.3 is 0 Å². The van der Waals surface area contributed by atoms with Crippen LogP contribution in [-0.2, 0) is 5.41 Å². The summed E-state index contributed by atoms with van der Waals surface area (Å²) in [6, 6.07) is 9.90. The van der Waals surface area contributed by atoms with E-state index in [-0.39, 0.29) is 16.9 Å². The van der Waals surface area contributed by atoms with E-state index in [4.69, 9.17) is 0 Å². The maximum Gasteiger partial charge on any atom is 0.271 e. The fourth-order valence-corrected chi connectivity index (χ4v) is 3.90. The number of H-pyrrole nitrogens is 1. The van der Waals surface area contributed by atoms with E-state index in [1.807, 2.05) is 37.4 Å². The molecule has 1 aliphatic carbocycles. The molecule has 0 aliphatic heterocycles. The minimum Gasteiger partial charge on any atom is -0.327 e. The minimum absolute atomic E-state index is 0.0334. The number of aromatic nitrogens is 1. The predicted molar refractivity (Wildman–Crippen MR) is 114 cm³/mol. The van der Waals surface area contributed by atoms with Gasteiger partial charge in [0.25, 0.3) is 11.5 Å². The van der Waals surface area contributed by atoms with Gasteiger partial charge in [0.05, 0.1) is 0 Å². The Morgan fingerprint density at radius 3 is 2.50 bits per heavy atom. The average Bonchev–Trinajstić information content (AvgIpc) is 2.69. The molecule has 1 aliphatic rings. The number of anilines is 1. The monoisotopic (exact) mass is 381 g/mol. The molecule has 1 aromatic carbocycles. The zero-order valence-electron chi connectivity index (χ0n) is 17.3. The molecule has 1 amide bonds. The Kier molecular flexibility index (Phi) is 6.04. The lowest BCUT2D eigenvalue weighted by Crippen LogP contribution is -2.30. The standard InChI is InChI=1S/C23H31N3O2/c1-23(2,3)18-10-8-15(9-11-18)21(27)26-20-13-17(14-25-22(20)28)16-6-5-7-19(12-16)24-4/h8-11,13-14,16,19,24H,5-7,12H2,1-4H3,(H,25,28)(H,26,27). The summed E-state index contributed by atoms with van der Waals surface area (Å²) in [6.45, 7) is 6.41. The minimum atomic E-state index is -0.274. The largest absolute Gasteiger partial charge is 0.327 e. The number of pyridine rings is 1. The molecule has 1 heterocycles. The third-order valence-electron chi connectivity index (χ3n) is 5.74. The van der Waals surface area contributed by atoms with Crippen molar-refractivity contribution in [2.24, 2.45) is 0 Å². The van der Waals surface area contributed by atoms with E-state index in [0.29, 0.717) is 23.2 Å². The third-order valence-corrected chi connectivity index (χ3v) is 5.74. The molecule has 2 aromatic rings. The van der Waals surface area contributed by atoms with Gasteiger partial charge in [-0.1, -0.05) is 39.3 Å². The second-order valence-corrected chi connectivity index (χ2v) is 8.81. The number of hydrogen-bond acceptors (Lipinski definition) is 3. The molecule has 0 bridgehead atoms. The molecule has 150 valence electrons. The second-order valence-electron chi connectivity index (χ2n) is 8.81. The van der Waals surface area contributed by atoms with E-state index in [1.165, 1.54) is 12.0 Å². The van der Waals surface area contributed by atoms with Crippen LogP contribution in [0.25, 0.3) is 0 Å². The maximum absolute atomic E-state index is 12.6. The smallest absolute Gasteiger partial charge is 0.271 e. The summed E-state index contributed by atoms with van der Waals surface area (Å²) >= 11 is 0. The number of amides is 1. The average molecular weight is 382 g/mol. The fraction of sp³-hybridized carbons (Fsp3) is 0.478. The van der Waals surface area contributed by atoms with Crippen LogP contribution in [0.5, 0.6) is 0 Å². The Labute approximate surface area is 167 Å². The molecule has 5 nitrogen and oxygen atoms in total. The van der Waals surface area contributed by atoms with Crippen molar-refractivity contribution in [2.45, 2.75) is 63.8 Å². The fourth-order valence-electron chi connectivity index (χ4n) is 3.90. The topological polar surface area (TPSA) is 74.0 Å². The zero-order valence-corrected chi connectivity index (χ0v) is 17.3. The molecule has 0 spiro atoms. The number of carbonyl (C=O) groups is 1. The summed E-state index contributed by atoms with van der Waals surface area (Å²) in [5, 5.41) is 6.15. The third kappa shape index (κ3) is 4.71. The molecule has 2 atom stereocenters. The Morgan fingerprint density at radius 2 is 1.86 bits per heavy atom.